The largest absolute Gasteiger partial charge is 0.467 e. The van der Waals surface area contributed by atoms with E-state index in [2.05, 4.69) is 30.8 Å². The molecule has 2 aliphatic rings. The van der Waals surface area contributed by atoms with Gasteiger partial charge in [0.1, 0.15) is 11.8 Å². The molecule has 182 valence electrons. The summed E-state index contributed by atoms with van der Waals surface area (Å²) in [5, 5.41) is 13.2. The van der Waals surface area contributed by atoms with Crippen molar-refractivity contribution in [1.29, 1.82) is 0 Å². The van der Waals surface area contributed by atoms with Gasteiger partial charge in [-0.3, -0.25) is 9.50 Å². The number of nitrogens with zero attached hydrogens (tertiary/aromatic N) is 4. The summed E-state index contributed by atoms with van der Waals surface area (Å²) in [6, 6.07) is 3.40. The third-order valence-corrected chi connectivity index (χ3v) is 6.08. The molecule has 2 aliphatic carbocycles. The number of carbonyl (C=O) groups is 1. The van der Waals surface area contributed by atoms with Crippen LogP contribution in [0.25, 0.3) is 5.65 Å². The normalized spacial score (nSPS) is 21.4. The number of imidazole rings is 1. The molecule has 3 aromatic rings. The summed E-state index contributed by atoms with van der Waals surface area (Å²) in [6.07, 6.45) is 2.11. The third kappa shape index (κ3) is 5.18. The molecule has 0 bridgehead atoms. The van der Waals surface area contributed by atoms with E-state index in [9.17, 15) is 18.0 Å². The highest BCUT2D eigenvalue weighted by molar-refractivity contribution is 5.69. The number of amides is 1. The number of aromatic amines is 1. The fraction of sp³-hybridized carbons (Fsp3) is 0.524. The maximum Gasteiger partial charge on any atom is 0.422 e. The molecule has 3 N–H and O–H groups in total. The Morgan fingerprint density at radius 1 is 1.35 bits per heavy atom. The van der Waals surface area contributed by atoms with Crippen LogP contribution >= 0.6 is 0 Å². The van der Waals surface area contributed by atoms with Gasteiger partial charge in [0, 0.05) is 29.4 Å². The molecule has 2 saturated carbocycles. The van der Waals surface area contributed by atoms with E-state index in [4.69, 9.17) is 9.47 Å². The lowest BCUT2D eigenvalue weighted by molar-refractivity contribution is -0.154. The fourth-order valence-corrected chi connectivity index (χ4v) is 4.01. The van der Waals surface area contributed by atoms with Gasteiger partial charge in [-0.05, 0) is 45.1 Å². The van der Waals surface area contributed by atoms with E-state index in [-0.39, 0.29) is 29.5 Å². The molecule has 0 aromatic carbocycles. The Bertz CT molecular complexity index is 1190. The van der Waals surface area contributed by atoms with E-state index in [1.165, 1.54) is 16.8 Å². The molecular weight excluding hydrogens is 455 g/mol. The summed E-state index contributed by atoms with van der Waals surface area (Å²) in [6.45, 7) is 0.573. The van der Waals surface area contributed by atoms with Gasteiger partial charge in [-0.25, -0.2) is 9.78 Å². The molecule has 1 amide bonds. The Hall–Kier alpha value is -3.51. The number of anilines is 2. The Morgan fingerprint density at radius 3 is 2.94 bits per heavy atom. The van der Waals surface area contributed by atoms with Gasteiger partial charge in [0.2, 0.25) is 11.8 Å². The second-order valence-corrected chi connectivity index (χ2v) is 9.04. The van der Waals surface area contributed by atoms with E-state index in [1.807, 2.05) is 13.0 Å². The molecule has 3 heterocycles. The lowest BCUT2D eigenvalue weighted by Crippen LogP contribution is -2.36. The molecular formula is C21H24F3N7O3. The van der Waals surface area contributed by atoms with Crippen LogP contribution in [0.2, 0.25) is 0 Å². The van der Waals surface area contributed by atoms with Crippen molar-refractivity contribution in [3.05, 3.63) is 30.2 Å². The van der Waals surface area contributed by atoms with Crippen molar-refractivity contribution in [3.63, 3.8) is 0 Å². The average molecular weight is 479 g/mol. The van der Waals surface area contributed by atoms with E-state index >= 15 is 0 Å². The first-order valence-corrected chi connectivity index (χ1v) is 11.0. The molecule has 3 aromatic heterocycles. The quantitative estimate of drug-likeness (QED) is 0.468. The highest BCUT2D eigenvalue weighted by atomic mass is 19.4. The monoisotopic (exact) mass is 479 g/mol. The standard InChI is InChI=1S/C21H24F3N7O3/c1-20(5-6-20)28-19(32)34-13-3-2-12(8-13)14-9-15(30-29-14)26-18-25-7-4-16-27-17(10-31(16)18)33-11-21(22,23)24/h4,7,9-10,12-13H,2-3,5-6,8,11H2,1H3,(H,28,32)(H2,25,26,29,30). The molecule has 10 nitrogen and oxygen atoms in total. The Kier molecular flexibility index (Phi) is 5.48. The lowest BCUT2D eigenvalue weighted by atomic mass is 10.0. The van der Waals surface area contributed by atoms with Crippen molar-refractivity contribution in [1.82, 2.24) is 29.9 Å². The van der Waals surface area contributed by atoms with E-state index in [0.29, 0.717) is 23.8 Å². The van der Waals surface area contributed by atoms with Gasteiger partial charge in [-0.1, -0.05) is 0 Å². The smallest absolute Gasteiger partial charge is 0.422 e. The van der Waals surface area contributed by atoms with Crippen LogP contribution < -0.4 is 15.4 Å². The van der Waals surface area contributed by atoms with Gasteiger partial charge in [0.25, 0.3) is 0 Å². The highest BCUT2D eigenvalue weighted by Gasteiger charge is 2.40. The number of hydrogen-bond acceptors (Lipinski definition) is 7. The van der Waals surface area contributed by atoms with Crippen molar-refractivity contribution >= 4 is 23.5 Å². The van der Waals surface area contributed by atoms with Gasteiger partial charge in [0.05, 0.1) is 6.20 Å². The maximum absolute atomic E-state index is 12.4. The van der Waals surface area contributed by atoms with Crippen molar-refractivity contribution in [2.45, 2.75) is 62.8 Å². The average Bonchev–Trinajstić information content (AvgIpc) is 3.19. The lowest BCUT2D eigenvalue weighted by Gasteiger charge is -2.16. The number of alkyl carbamates (subject to hydrolysis) is 1. The minimum atomic E-state index is -4.45. The number of fused-ring (bicyclic) bond motifs is 1. The molecule has 0 aliphatic heterocycles. The summed E-state index contributed by atoms with van der Waals surface area (Å²) >= 11 is 0. The van der Waals surface area contributed by atoms with Crippen LogP contribution in [0.1, 0.15) is 50.6 Å². The van der Waals surface area contributed by atoms with Gasteiger partial charge >= 0.3 is 12.3 Å². The summed E-state index contributed by atoms with van der Waals surface area (Å²) in [7, 11) is 0. The van der Waals surface area contributed by atoms with Crippen molar-refractivity contribution in [2.75, 3.05) is 11.9 Å². The summed E-state index contributed by atoms with van der Waals surface area (Å²) in [5.41, 5.74) is 1.16. The van der Waals surface area contributed by atoms with Crippen LogP contribution in [0.4, 0.5) is 29.7 Å². The first-order valence-electron chi connectivity index (χ1n) is 11.0. The predicted molar refractivity (Wildman–Crippen MR) is 114 cm³/mol. The van der Waals surface area contributed by atoms with Crippen LogP contribution in [0, 0.1) is 0 Å². The number of H-pyrrole nitrogens is 1. The van der Waals surface area contributed by atoms with Crippen molar-refractivity contribution in [2.24, 2.45) is 0 Å². The first kappa shape index (κ1) is 22.3. The molecule has 5 rings (SSSR count). The summed E-state index contributed by atoms with van der Waals surface area (Å²) < 4.78 is 49.1. The number of rotatable bonds is 7. The summed E-state index contributed by atoms with van der Waals surface area (Å²) in [5.74, 6) is 0.817. The predicted octanol–water partition coefficient (Wildman–Crippen LogP) is 4.05. The minimum Gasteiger partial charge on any atom is -0.467 e. The first-order chi connectivity index (χ1) is 16.2. The van der Waals surface area contributed by atoms with Crippen LogP contribution in [0.5, 0.6) is 5.88 Å². The van der Waals surface area contributed by atoms with Crippen LogP contribution in [-0.4, -0.2) is 55.1 Å². The van der Waals surface area contributed by atoms with Gasteiger partial charge in [0.15, 0.2) is 12.4 Å². The molecule has 2 fully saturated rings. The molecule has 2 unspecified atom stereocenters. The summed E-state index contributed by atoms with van der Waals surface area (Å²) in [4.78, 5) is 20.3. The molecule has 2 atom stereocenters. The van der Waals surface area contributed by atoms with Crippen molar-refractivity contribution < 1.29 is 27.4 Å². The number of carbonyl (C=O) groups excluding carboxylic acids is 1. The zero-order chi connectivity index (χ0) is 23.9. The third-order valence-electron chi connectivity index (χ3n) is 6.08. The molecule has 34 heavy (non-hydrogen) atoms. The van der Waals surface area contributed by atoms with Gasteiger partial charge < -0.3 is 20.1 Å². The zero-order valence-electron chi connectivity index (χ0n) is 18.4. The molecule has 0 radical (unpaired) electrons. The molecule has 0 spiro atoms. The van der Waals surface area contributed by atoms with Crippen LogP contribution in [0.15, 0.2) is 24.5 Å². The molecule has 0 saturated heterocycles. The fourth-order valence-electron chi connectivity index (χ4n) is 4.01. The topological polar surface area (TPSA) is 118 Å². The Balaban J connectivity index is 1.21. The van der Waals surface area contributed by atoms with Crippen LogP contribution in [-0.2, 0) is 4.74 Å². The van der Waals surface area contributed by atoms with Crippen LogP contribution in [0.3, 0.4) is 0 Å². The van der Waals surface area contributed by atoms with Gasteiger partial charge in [-0.2, -0.15) is 23.3 Å². The number of aromatic nitrogens is 5. The second-order valence-electron chi connectivity index (χ2n) is 9.04. The maximum atomic E-state index is 12.4. The number of nitrogens with one attached hydrogen (secondary N) is 3. The second kappa shape index (κ2) is 8.37. The zero-order valence-corrected chi connectivity index (χ0v) is 18.4. The SMILES string of the molecule is CC1(NC(=O)OC2CCC(c3cc(Nc4nccc5nc(OCC(F)(F)F)cn45)n[nH]3)C2)CC1. The molecule has 13 heteroatoms. The number of ether oxygens (including phenoxy) is 2. The minimum absolute atomic E-state index is 0.115. The Labute approximate surface area is 192 Å². The number of halogens is 3. The number of hydrogen-bond donors (Lipinski definition) is 3. The van der Waals surface area contributed by atoms with Gasteiger partial charge in [-0.15, -0.1) is 0 Å². The van der Waals surface area contributed by atoms with E-state index in [0.717, 1.165) is 31.4 Å². The highest BCUT2D eigenvalue weighted by Crippen LogP contribution is 2.37. The Morgan fingerprint density at radius 2 is 2.18 bits per heavy atom. The van der Waals surface area contributed by atoms with E-state index in [1.54, 1.807) is 6.07 Å². The number of alkyl halides is 3. The van der Waals surface area contributed by atoms with Crippen molar-refractivity contribution in [3.8, 4) is 5.88 Å². The van der Waals surface area contributed by atoms with E-state index < -0.39 is 12.8 Å².